The molecule has 5 nitrogen and oxygen atoms in total. The highest BCUT2D eigenvalue weighted by Crippen LogP contribution is 2.44. The molecule has 3 unspecified atom stereocenters. The third-order valence-corrected chi connectivity index (χ3v) is 9.57. The summed E-state index contributed by atoms with van der Waals surface area (Å²) in [5, 5.41) is 0. The zero-order valence-corrected chi connectivity index (χ0v) is 25.0. The fraction of sp³-hybridized carbons (Fsp3) is 0.389. The molecule has 1 saturated heterocycles. The van der Waals surface area contributed by atoms with Crippen LogP contribution >= 0.6 is 0 Å². The lowest BCUT2D eigenvalue weighted by molar-refractivity contribution is -0.137. The number of hydrogen-bond donors (Lipinski definition) is 0. The molecule has 1 aromatic heterocycles. The zero-order valence-electron chi connectivity index (χ0n) is 25.0. The highest BCUT2D eigenvalue weighted by atomic mass is 19.4. The monoisotopic (exact) mass is 600 g/mol. The van der Waals surface area contributed by atoms with Crippen LogP contribution in [0.2, 0.25) is 0 Å². The van der Waals surface area contributed by atoms with Gasteiger partial charge in [0.2, 0.25) is 5.91 Å². The number of piperidine rings is 1. The summed E-state index contributed by atoms with van der Waals surface area (Å²) in [5.41, 5.74) is 2.96. The summed E-state index contributed by atoms with van der Waals surface area (Å²) < 4.78 is 39.0. The minimum Gasteiger partial charge on any atom is -0.345 e. The number of anilines is 2. The number of hydrogen-bond acceptors (Lipinski definition) is 4. The molecular weight excluding hydrogens is 561 g/mol. The lowest BCUT2D eigenvalue weighted by Crippen LogP contribution is -2.47. The van der Waals surface area contributed by atoms with E-state index < -0.39 is 11.7 Å². The average Bonchev–Trinajstić information content (AvgIpc) is 3.67. The number of pyridine rings is 1. The van der Waals surface area contributed by atoms with Gasteiger partial charge in [-0.05, 0) is 97.0 Å². The minimum atomic E-state index is -4.39. The molecule has 230 valence electrons. The molecule has 8 heteroatoms. The summed E-state index contributed by atoms with van der Waals surface area (Å²) in [6.07, 6.45) is 11.5. The van der Waals surface area contributed by atoms with E-state index in [4.69, 9.17) is 0 Å². The maximum Gasteiger partial charge on any atom is 0.416 e. The normalized spacial score (nSPS) is 22.1. The molecule has 1 saturated carbocycles. The molecule has 2 aliphatic carbocycles. The molecule has 2 fully saturated rings. The first-order chi connectivity index (χ1) is 21.2. The van der Waals surface area contributed by atoms with Crippen molar-refractivity contribution in [1.82, 2.24) is 14.8 Å². The van der Waals surface area contributed by atoms with Crippen molar-refractivity contribution in [2.45, 2.75) is 44.4 Å². The molecule has 3 aromatic rings. The zero-order chi connectivity index (χ0) is 30.7. The standard InChI is InChI=1S/C36H39F3N4O/c1-41(33-14-18-40-19-15-33)32-11-5-27(6-12-32)24-43(35(44)13-7-26-3-9-31(10-4-26)36(37,38)39)34-16-20-42(21-17-34)25-30-23-28-2-8-29(30)22-28/h2-15,18-19,28-30,34H,16-17,20-25H2,1H3/b13-7+. The van der Waals surface area contributed by atoms with Gasteiger partial charge in [0.15, 0.2) is 0 Å². The first kappa shape index (κ1) is 30.1. The molecule has 2 aromatic carbocycles. The summed E-state index contributed by atoms with van der Waals surface area (Å²) in [6.45, 7) is 3.53. The quantitative estimate of drug-likeness (QED) is 0.188. The van der Waals surface area contributed by atoms with Crippen LogP contribution in [0.3, 0.4) is 0 Å². The Bertz CT molecular complexity index is 1460. The van der Waals surface area contributed by atoms with Gasteiger partial charge in [0, 0.05) is 69.1 Å². The van der Waals surface area contributed by atoms with Crippen LogP contribution in [-0.4, -0.2) is 53.4 Å². The van der Waals surface area contributed by atoms with E-state index in [9.17, 15) is 18.0 Å². The summed E-state index contributed by atoms with van der Waals surface area (Å²) in [7, 11) is 2.01. The Morgan fingerprint density at radius 3 is 2.23 bits per heavy atom. The van der Waals surface area contributed by atoms with Crippen LogP contribution in [0.1, 0.15) is 42.4 Å². The van der Waals surface area contributed by atoms with Gasteiger partial charge in [-0.1, -0.05) is 36.4 Å². The van der Waals surface area contributed by atoms with Crippen molar-refractivity contribution in [3.05, 3.63) is 108 Å². The van der Waals surface area contributed by atoms with Gasteiger partial charge in [-0.2, -0.15) is 13.2 Å². The number of rotatable bonds is 9. The van der Waals surface area contributed by atoms with Gasteiger partial charge in [0.25, 0.3) is 0 Å². The Labute approximate surface area is 257 Å². The lowest BCUT2D eigenvalue weighted by atomic mass is 9.92. The van der Waals surface area contributed by atoms with E-state index in [1.54, 1.807) is 18.5 Å². The molecule has 3 aliphatic rings. The first-order valence-electron chi connectivity index (χ1n) is 15.5. The molecule has 0 spiro atoms. The van der Waals surface area contributed by atoms with Crippen LogP contribution in [0.15, 0.2) is 91.3 Å². The number of allylic oxidation sites excluding steroid dienone is 2. The molecule has 3 atom stereocenters. The number of aromatic nitrogens is 1. The van der Waals surface area contributed by atoms with Crippen LogP contribution < -0.4 is 4.90 Å². The van der Waals surface area contributed by atoms with E-state index >= 15 is 0 Å². The number of carbonyl (C=O) groups is 1. The Kier molecular flexibility index (Phi) is 8.89. The van der Waals surface area contributed by atoms with Crippen molar-refractivity contribution in [2.75, 3.05) is 31.6 Å². The van der Waals surface area contributed by atoms with Gasteiger partial charge < -0.3 is 14.7 Å². The highest BCUT2D eigenvalue weighted by Gasteiger charge is 2.37. The van der Waals surface area contributed by atoms with Crippen molar-refractivity contribution in [3.8, 4) is 0 Å². The maximum absolute atomic E-state index is 13.7. The van der Waals surface area contributed by atoms with E-state index in [1.165, 1.54) is 31.1 Å². The molecule has 44 heavy (non-hydrogen) atoms. The fourth-order valence-electron chi connectivity index (χ4n) is 7.02. The van der Waals surface area contributed by atoms with Crippen molar-refractivity contribution < 1.29 is 18.0 Å². The lowest BCUT2D eigenvalue weighted by Gasteiger charge is -2.39. The van der Waals surface area contributed by atoms with Gasteiger partial charge in [-0.3, -0.25) is 9.78 Å². The van der Waals surface area contributed by atoms with E-state index in [-0.39, 0.29) is 11.9 Å². The fourth-order valence-corrected chi connectivity index (χ4v) is 7.02. The number of benzene rings is 2. The SMILES string of the molecule is CN(c1ccncc1)c1ccc(CN(C(=O)/C=C/c2ccc(C(F)(F)F)cc2)C2CCN(CC3CC4C=CC3C4)CC2)cc1. The molecule has 0 N–H and O–H groups in total. The van der Waals surface area contributed by atoms with E-state index in [1.807, 2.05) is 24.1 Å². The van der Waals surface area contributed by atoms with Crippen molar-refractivity contribution in [3.63, 3.8) is 0 Å². The maximum atomic E-state index is 13.7. The number of fused-ring (bicyclic) bond motifs is 2. The number of alkyl halides is 3. The minimum absolute atomic E-state index is 0.0927. The van der Waals surface area contributed by atoms with Crippen LogP contribution in [-0.2, 0) is 17.5 Å². The Morgan fingerprint density at radius 2 is 1.61 bits per heavy atom. The number of likely N-dealkylation sites (tertiary alicyclic amines) is 1. The third-order valence-electron chi connectivity index (χ3n) is 9.57. The van der Waals surface area contributed by atoms with Gasteiger partial charge in [-0.25, -0.2) is 0 Å². The van der Waals surface area contributed by atoms with Crippen molar-refractivity contribution in [1.29, 1.82) is 0 Å². The summed E-state index contributed by atoms with van der Waals surface area (Å²) >= 11 is 0. The average molecular weight is 601 g/mol. The number of amides is 1. The first-order valence-corrected chi connectivity index (χ1v) is 15.5. The second kappa shape index (κ2) is 13.0. The summed E-state index contributed by atoms with van der Waals surface area (Å²) in [5.74, 6) is 2.11. The molecule has 0 radical (unpaired) electrons. The Hall–Kier alpha value is -3.91. The molecular formula is C36H39F3N4O. The molecule has 6 rings (SSSR count). The van der Waals surface area contributed by atoms with Gasteiger partial charge in [0.05, 0.1) is 5.56 Å². The molecule has 1 aliphatic heterocycles. The van der Waals surface area contributed by atoms with Gasteiger partial charge in [-0.15, -0.1) is 0 Å². The predicted molar refractivity (Wildman–Crippen MR) is 168 cm³/mol. The van der Waals surface area contributed by atoms with E-state index in [0.717, 1.165) is 79.3 Å². The predicted octanol–water partition coefficient (Wildman–Crippen LogP) is 7.59. The highest BCUT2D eigenvalue weighted by molar-refractivity contribution is 5.92. The van der Waals surface area contributed by atoms with Crippen LogP contribution in [0, 0.1) is 17.8 Å². The van der Waals surface area contributed by atoms with Crippen molar-refractivity contribution in [2.24, 2.45) is 17.8 Å². The number of carbonyl (C=O) groups excluding carboxylic acids is 1. The number of halogens is 3. The molecule has 2 heterocycles. The van der Waals surface area contributed by atoms with Crippen LogP contribution in [0.4, 0.5) is 24.5 Å². The van der Waals surface area contributed by atoms with Crippen molar-refractivity contribution >= 4 is 23.4 Å². The second-order valence-electron chi connectivity index (χ2n) is 12.4. The van der Waals surface area contributed by atoms with Crippen LogP contribution in [0.5, 0.6) is 0 Å². The third kappa shape index (κ3) is 7.07. The van der Waals surface area contributed by atoms with Gasteiger partial charge in [0.1, 0.15) is 0 Å². The van der Waals surface area contributed by atoms with Crippen LogP contribution in [0.25, 0.3) is 6.08 Å². The summed E-state index contributed by atoms with van der Waals surface area (Å²) in [4.78, 5) is 24.4. The second-order valence-corrected chi connectivity index (χ2v) is 12.4. The van der Waals surface area contributed by atoms with Gasteiger partial charge >= 0.3 is 6.18 Å². The van der Waals surface area contributed by atoms with E-state index in [2.05, 4.69) is 51.2 Å². The molecule has 1 amide bonds. The Morgan fingerprint density at radius 1 is 0.932 bits per heavy atom. The smallest absolute Gasteiger partial charge is 0.345 e. The topological polar surface area (TPSA) is 39.7 Å². The van der Waals surface area contributed by atoms with E-state index in [0.29, 0.717) is 12.1 Å². The Balaban J connectivity index is 1.14. The largest absolute Gasteiger partial charge is 0.416 e. The molecule has 2 bridgehead atoms. The summed E-state index contributed by atoms with van der Waals surface area (Å²) in [6, 6.07) is 17.1. The number of nitrogens with zero attached hydrogens (tertiary/aromatic N) is 4.